The van der Waals surface area contributed by atoms with Crippen LogP contribution >= 0.6 is 11.3 Å². The van der Waals surface area contributed by atoms with E-state index >= 15 is 0 Å². The number of carbonyl (C=O) groups is 1. The highest BCUT2D eigenvalue weighted by Gasteiger charge is 2.34. The van der Waals surface area contributed by atoms with Crippen LogP contribution in [0.2, 0.25) is 0 Å². The Balaban J connectivity index is 1.78. The van der Waals surface area contributed by atoms with Crippen molar-refractivity contribution in [1.82, 2.24) is 9.55 Å². The average Bonchev–Trinajstić information content (AvgIpc) is 3.03. The van der Waals surface area contributed by atoms with Gasteiger partial charge in [-0.3, -0.25) is 19.1 Å². The molecule has 1 atom stereocenters. The molecule has 1 aliphatic carbocycles. The van der Waals surface area contributed by atoms with Gasteiger partial charge in [0, 0.05) is 24.4 Å². The Morgan fingerprint density at radius 3 is 2.71 bits per heavy atom. The minimum absolute atomic E-state index is 0.0976. The van der Waals surface area contributed by atoms with Crippen molar-refractivity contribution in [1.29, 1.82) is 0 Å². The fourth-order valence-electron chi connectivity index (χ4n) is 3.87. The second-order valence-electron chi connectivity index (χ2n) is 6.92. The average molecular weight is 387 g/mol. The minimum Gasteiger partial charge on any atom is -0.294 e. The number of pyridine rings is 1. The monoisotopic (exact) mass is 387 g/mol. The van der Waals surface area contributed by atoms with Crippen LogP contribution in [0, 0.1) is 0 Å². The molecule has 138 valence electrons. The van der Waals surface area contributed by atoms with E-state index in [1.165, 1.54) is 11.3 Å². The summed E-state index contributed by atoms with van der Waals surface area (Å²) in [6.07, 6.45) is 7.37. The summed E-state index contributed by atoms with van der Waals surface area (Å²) in [5.74, 6) is 0.0976. The molecule has 0 N–H and O–H groups in total. The van der Waals surface area contributed by atoms with E-state index in [2.05, 4.69) is 4.98 Å². The SMILES string of the molecule is O=C1CCCC2=C1C(c1ccccc1)n1c(s/c(=C/c3cccnc3)c1=O)=N2. The van der Waals surface area contributed by atoms with Gasteiger partial charge in [0.1, 0.15) is 0 Å². The zero-order valence-corrected chi connectivity index (χ0v) is 15.9. The Kier molecular flexibility index (Phi) is 4.13. The van der Waals surface area contributed by atoms with Crippen LogP contribution in [0.3, 0.4) is 0 Å². The third kappa shape index (κ3) is 2.77. The Morgan fingerprint density at radius 1 is 1.07 bits per heavy atom. The van der Waals surface area contributed by atoms with E-state index in [-0.39, 0.29) is 11.3 Å². The fraction of sp³-hybridized carbons (Fsp3) is 0.182. The first-order valence-electron chi connectivity index (χ1n) is 9.25. The molecule has 0 spiro atoms. The van der Waals surface area contributed by atoms with Crippen LogP contribution in [-0.4, -0.2) is 15.3 Å². The lowest BCUT2D eigenvalue weighted by molar-refractivity contribution is -0.116. The van der Waals surface area contributed by atoms with Crippen LogP contribution in [0.4, 0.5) is 0 Å². The molecule has 0 bridgehead atoms. The topological polar surface area (TPSA) is 64.3 Å². The van der Waals surface area contributed by atoms with Crippen LogP contribution in [0.25, 0.3) is 6.08 Å². The summed E-state index contributed by atoms with van der Waals surface area (Å²) >= 11 is 1.37. The number of ketones is 1. The molecule has 0 fully saturated rings. The molecule has 5 rings (SSSR count). The molecule has 0 saturated heterocycles. The van der Waals surface area contributed by atoms with Crippen molar-refractivity contribution in [2.75, 3.05) is 0 Å². The van der Waals surface area contributed by atoms with Gasteiger partial charge in [0.05, 0.1) is 16.3 Å². The van der Waals surface area contributed by atoms with Crippen molar-refractivity contribution < 1.29 is 4.79 Å². The second-order valence-corrected chi connectivity index (χ2v) is 7.93. The van der Waals surface area contributed by atoms with Crippen molar-refractivity contribution >= 4 is 23.2 Å². The van der Waals surface area contributed by atoms with Crippen molar-refractivity contribution in [2.24, 2.45) is 4.99 Å². The summed E-state index contributed by atoms with van der Waals surface area (Å²) in [7, 11) is 0. The molecular formula is C22H17N3O2S. The van der Waals surface area contributed by atoms with E-state index in [4.69, 9.17) is 4.99 Å². The Labute approximate surface area is 165 Å². The minimum atomic E-state index is -0.406. The van der Waals surface area contributed by atoms with E-state index in [1.807, 2.05) is 48.5 Å². The highest BCUT2D eigenvalue weighted by Crippen LogP contribution is 2.35. The van der Waals surface area contributed by atoms with Crippen LogP contribution in [0.1, 0.15) is 36.4 Å². The maximum atomic E-state index is 13.3. The molecule has 1 aliphatic heterocycles. The summed E-state index contributed by atoms with van der Waals surface area (Å²) in [6.45, 7) is 0. The first-order chi connectivity index (χ1) is 13.7. The van der Waals surface area contributed by atoms with Crippen LogP contribution in [0.5, 0.6) is 0 Å². The van der Waals surface area contributed by atoms with Gasteiger partial charge in [0.25, 0.3) is 5.56 Å². The lowest BCUT2D eigenvalue weighted by Crippen LogP contribution is -2.40. The van der Waals surface area contributed by atoms with E-state index in [1.54, 1.807) is 17.0 Å². The molecule has 0 radical (unpaired) electrons. The first kappa shape index (κ1) is 17.0. The maximum absolute atomic E-state index is 13.3. The fourth-order valence-corrected chi connectivity index (χ4v) is 4.89. The highest BCUT2D eigenvalue weighted by molar-refractivity contribution is 7.07. The lowest BCUT2D eigenvalue weighted by atomic mass is 9.86. The van der Waals surface area contributed by atoms with Gasteiger partial charge in [-0.2, -0.15) is 0 Å². The van der Waals surface area contributed by atoms with Crippen molar-refractivity contribution in [2.45, 2.75) is 25.3 Å². The number of allylic oxidation sites excluding steroid dienone is 2. The van der Waals surface area contributed by atoms with Crippen molar-refractivity contribution in [3.05, 3.63) is 96.9 Å². The van der Waals surface area contributed by atoms with E-state index in [0.717, 1.165) is 29.7 Å². The molecule has 0 amide bonds. The molecule has 5 nitrogen and oxygen atoms in total. The molecule has 0 saturated carbocycles. The van der Waals surface area contributed by atoms with Gasteiger partial charge in [0.15, 0.2) is 10.6 Å². The van der Waals surface area contributed by atoms with Gasteiger partial charge in [-0.1, -0.05) is 47.7 Å². The first-order valence-corrected chi connectivity index (χ1v) is 10.1. The van der Waals surface area contributed by atoms with Gasteiger partial charge >= 0.3 is 0 Å². The number of hydrogen-bond donors (Lipinski definition) is 0. The van der Waals surface area contributed by atoms with E-state index in [9.17, 15) is 9.59 Å². The van der Waals surface area contributed by atoms with Gasteiger partial charge in [-0.15, -0.1) is 0 Å². The quantitative estimate of drug-likeness (QED) is 0.678. The number of hydrogen-bond acceptors (Lipinski definition) is 5. The Hall–Kier alpha value is -3.12. The van der Waals surface area contributed by atoms with Gasteiger partial charge in [-0.25, -0.2) is 4.99 Å². The number of carbonyl (C=O) groups excluding carboxylic acids is 1. The molecule has 3 aromatic rings. The number of thiazole rings is 1. The molecule has 1 aromatic carbocycles. The smallest absolute Gasteiger partial charge is 0.271 e. The Bertz CT molecular complexity index is 1270. The number of nitrogens with zero attached hydrogens (tertiary/aromatic N) is 3. The summed E-state index contributed by atoms with van der Waals surface area (Å²) in [6, 6.07) is 13.1. The second kappa shape index (κ2) is 6.80. The van der Waals surface area contributed by atoms with Gasteiger partial charge < -0.3 is 0 Å². The maximum Gasteiger partial charge on any atom is 0.271 e. The van der Waals surface area contributed by atoms with Crippen LogP contribution in [0.15, 0.2) is 75.9 Å². The van der Waals surface area contributed by atoms with E-state index < -0.39 is 6.04 Å². The zero-order valence-electron chi connectivity index (χ0n) is 15.0. The molecule has 3 heterocycles. The summed E-state index contributed by atoms with van der Waals surface area (Å²) < 4.78 is 2.28. The zero-order chi connectivity index (χ0) is 19.1. The molecule has 2 aromatic heterocycles. The Morgan fingerprint density at radius 2 is 1.93 bits per heavy atom. The number of fused-ring (bicyclic) bond motifs is 1. The van der Waals surface area contributed by atoms with Crippen LogP contribution in [-0.2, 0) is 4.79 Å². The third-order valence-electron chi connectivity index (χ3n) is 5.13. The standard InChI is InChI=1S/C22H17N3O2S/c26-17-10-4-9-16-19(17)20(15-7-2-1-3-8-15)25-21(27)18(28-22(25)24-16)12-14-6-5-11-23-13-14/h1-3,5-8,11-13,20H,4,9-10H2/b18-12+. The molecule has 1 unspecified atom stereocenters. The highest BCUT2D eigenvalue weighted by atomic mass is 32.1. The van der Waals surface area contributed by atoms with Gasteiger partial charge in [-0.05, 0) is 36.1 Å². The largest absolute Gasteiger partial charge is 0.294 e. The predicted octanol–water partition coefficient (Wildman–Crippen LogP) is 2.36. The number of benzene rings is 1. The van der Waals surface area contributed by atoms with E-state index in [0.29, 0.717) is 21.3 Å². The molecule has 6 heteroatoms. The normalized spacial score (nSPS) is 19.2. The predicted molar refractivity (Wildman–Crippen MR) is 108 cm³/mol. The summed E-state index contributed by atoms with van der Waals surface area (Å²) in [5.41, 5.74) is 3.20. The van der Waals surface area contributed by atoms with Gasteiger partial charge in [0.2, 0.25) is 0 Å². The molecule has 2 aliphatic rings. The summed E-state index contributed by atoms with van der Waals surface area (Å²) in [5, 5.41) is 0. The number of aromatic nitrogens is 2. The lowest BCUT2D eigenvalue weighted by Gasteiger charge is -2.28. The summed E-state index contributed by atoms with van der Waals surface area (Å²) in [4.78, 5) is 35.6. The van der Waals surface area contributed by atoms with Crippen molar-refractivity contribution in [3.63, 3.8) is 0 Å². The molecule has 28 heavy (non-hydrogen) atoms. The van der Waals surface area contributed by atoms with Crippen molar-refractivity contribution in [3.8, 4) is 0 Å². The number of rotatable bonds is 2. The number of Topliss-reactive ketones (excluding diaryl/α,β-unsaturated/α-hetero) is 1. The third-order valence-corrected chi connectivity index (χ3v) is 6.11. The van der Waals surface area contributed by atoms with Crippen LogP contribution < -0.4 is 14.9 Å². The molecular weight excluding hydrogens is 370 g/mol.